The fourth-order valence-corrected chi connectivity index (χ4v) is 2.29. The number of nitrogens with one attached hydrogen (secondary N) is 1. The van der Waals surface area contributed by atoms with Crippen molar-refractivity contribution in [3.63, 3.8) is 0 Å². The normalized spacial score (nSPS) is 11.6. The molecule has 21 heavy (non-hydrogen) atoms. The average Bonchev–Trinajstić information content (AvgIpc) is 2.47. The monoisotopic (exact) mass is 277 g/mol. The highest BCUT2D eigenvalue weighted by atomic mass is 15.0. The number of anilines is 2. The van der Waals surface area contributed by atoms with Gasteiger partial charge in [0.1, 0.15) is 12.1 Å². The number of para-hydroxylation sites is 1. The van der Waals surface area contributed by atoms with E-state index in [0.29, 0.717) is 0 Å². The van der Waals surface area contributed by atoms with Crippen molar-refractivity contribution in [3.05, 3.63) is 60.4 Å². The third kappa shape index (κ3) is 2.87. The van der Waals surface area contributed by atoms with Crippen molar-refractivity contribution in [2.24, 2.45) is 0 Å². The summed E-state index contributed by atoms with van der Waals surface area (Å²) in [6.07, 6.45) is 1.59. The van der Waals surface area contributed by atoms with Crippen LogP contribution in [0.15, 0.2) is 54.9 Å². The van der Waals surface area contributed by atoms with E-state index in [2.05, 4.69) is 60.3 Å². The Morgan fingerprint density at radius 3 is 2.29 bits per heavy atom. The molecule has 2 aromatic carbocycles. The summed E-state index contributed by atoms with van der Waals surface area (Å²) in [7, 11) is 0. The lowest BCUT2D eigenvalue weighted by Crippen LogP contribution is -2.10. The number of benzene rings is 2. The predicted octanol–water partition coefficient (Wildman–Crippen LogP) is 4.67. The molecule has 3 aromatic rings. The van der Waals surface area contributed by atoms with Crippen LogP contribution < -0.4 is 5.32 Å². The molecule has 0 saturated heterocycles. The Hall–Kier alpha value is -2.42. The zero-order chi connectivity index (χ0) is 14.9. The van der Waals surface area contributed by atoms with Crippen LogP contribution in [0.2, 0.25) is 0 Å². The van der Waals surface area contributed by atoms with Gasteiger partial charge >= 0.3 is 0 Å². The van der Waals surface area contributed by atoms with Gasteiger partial charge < -0.3 is 5.32 Å². The van der Waals surface area contributed by atoms with E-state index in [4.69, 9.17) is 0 Å². The Bertz CT molecular complexity index is 750. The molecule has 3 rings (SSSR count). The molecular formula is C18H19N3. The van der Waals surface area contributed by atoms with Crippen molar-refractivity contribution in [1.82, 2.24) is 9.97 Å². The SMILES string of the molecule is CC(C)(C)c1ccc(Nc2ncnc3ccccc23)cc1. The van der Waals surface area contributed by atoms with Gasteiger partial charge in [-0.3, -0.25) is 0 Å². The number of hydrogen-bond acceptors (Lipinski definition) is 3. The molecule has 0 atom stereocenters. The van der Waals surface area contributed by atoms with Crippen LogP contribution >= 0.6 is 0 Å². The Labute approximate surface area is 125 Å². The molecule has 106 valence electrons. The van der Waals surface area contributed by atoms with Gasteiger partial charge in [0, 0.05) is 11.1 Å². The number of nitrogens with zero attached hydrogens (tertiary/aromatic N) is 2. The second-order valence-electron chi connectivity index (χ2n) is 6.19. The largest absolute Gasteiger partial charge is 0.340 e. The summed E-state index contributed by atoms with van der Waals surface area (Å²) in [6, 6.07) is 16.5. The van der Waals surface area contributed by atoms with E-state index < -0.39 is 0 Å². The molecule has 1 heterocycles. The van der Waals surface area contributed by atoms with E-state index in [1.807, 2.05) is 24.3 Å². The lowest BCUT2D eigenvalue weighted by molar-refractivity contribution is 0.590. The van der Waals surface area contributed by atoms with Crippen LogP contribution in [0.1, 0.15) is 26.3 Å². The topological polar surface area (TPSA) is 37.8 Å². The first kappa shape index (κ1) is 13.6. The van der Waals surface area contributed by atoms with E-state index in [1.54, 1.807) is 6.33 Å². The molecule has 3 heteroatoms. The summed E-state index contributed by atoms with van der Waals surface area (Å²) < 4.78 is 0. The van der Waals surface area contributed by atoms with Crippen molar-refractivity contribution in [3.8, 4) is 0 Å². The Morgan fingerprint density at radius 2 is 1.57 bits per heavy atom. The molecule has 0 aliphatic carbocycles. The van der Waals surface area contributed by atoms with E-state index >= 15 is 0 Å². The Kier molecular flexibility index (Phi) is 3.34. The van der Waals surface area contributed by atoms with Crippen LogP contribution in [0.3, 0.4) is 0 Å². The number of rotatable bonds is 2. The highest BCUT2D eigenvalue weighted by Gasteiger charge is 2.13. The molecule has 1 N–H and O–H groups in total. The van der Waals surface area contributed by atoms with Crippen LogP contribution in [0.5, 0.6) is 0 Å². The summed E-state index contributed by atoms with van der Waals surface area (Å²) in [5, 5.41) is 4.40. The zero-order valence-corrected chi connectivity index (χ0v) is 12.6. The zero-order valence-electron chi connectivity index (χ0n) is 12.6. The summed E-state index contributed by atoms with van der Waals surface area (Å²) in [4.78, 5) is 8.63. The van der Waals surface area contributed by atoms with Crippen molar-refractivity contribution in [1.29, 1.82) is 0 Å². The maximum absolute atomic E-state index is 4.35. The number of aromatic nitrogens is 2. The third-order valence-corrected chi connectivity index (χ3v) is 3.56. The lowest BCUT2D eigenvalue weighted by atomic mass is 9.87. The second kappa shape index (κ2) is 5.17. The maximum atomic E-state index is 4.35. The van der Waals surface area contributed by atoms with Crippen molar-refractivity contribution >= 4 is 22.4 Å². The van der Waals surface area contributed by atoms with Gasteiger partial charge in [0.05, 0.1) is 5.52 Å². The van der Waals surface area contributed by atoms with Gasteiger partial charge in [-0.05, 0) is 35.2 Å². The minimum Gasteiger partial charge on any atom is -0.340 e. The first-order chi connectivity index (χ1) is 10.0. The maximum Gasteiger partial charge on any atom is 0.141 e. The lowest BCUT2D eigenvalue weighted by Gasteiger charge is -2.19. The van der Waals surface area contributed by atoms with Crippen molar-refractivity contribution in [2.45, 2.75) is 26.2 Å². The molecule has 0 aliphatic heterocycles. The van der Waals surface area contributed by atoms with Crippen LogP contribution in [-0.4, -0.2) is 9.97 Å². The summed E-state index contributed by atoms with van der Waals surface area (Å²) >= 11 is 0. The van der Waals surface area contributed by atoms with E-state index in [-0.39, 0.29) is 5.41 Å². The molecule has 1 aromatic heterocycles. The standard InChI is InChI=1S/C18H19N3/c1-18(2,3)13-8-10-14(11-9-13)21-17-15-6-4-5-7-16(15)19-12-20-17/h4-12H,1-3H3,(H,19,20,21). The van der Waals surface area contributed by atoms with E-state index in [1.165, 1.54) is 5.56 Å². The van der Waals surface area contributed by atoms with Crippen LogP contribution in [0.25, 0.3) is 10.9 Å². The van der Waals surface area contributed by atoms with E-state index in [0.717, 1.165) is 22.4 Å². The molecule has 0 aliphatic rings. The molecule has 0 saturated carbocycles. The first-order valence-electron chi connectivity index (χ1n) is 7.11. The quantitative estimate of drug-likeness (QED) is 0.739. The smallest absolute Gasteiger partial charge is 0.141 e. The molecule has 0 spiro atoms. The minimum absolute atomic E-state index is 0.167. The molecule has 3 nitrogen and oxygen atoms in total. The molecule has 0 amide bonds. The third-order valence-electron chi connectivity index (χ3n) is 3.56. The van der Waals surface area contributed by atoms with Gasteiger partial charge in [0.15, 0.2) is 0 Å². The van der Waals surface area contributed by atoms with E-state index in [9.17, 15) is 0 Å². The van der Waals surface area contributed by atoms with Crippen LogP contribution in [0, 0.1) is 0 Å². The van der Waals surface area contributed by atoms with Gasteiger partial charge in [0.25, 0.3) is 0 Å². The Morgan fingerprint density at radius 1 is 0.857 bits per heavy atom. The van der Waals surface area contributed by atoms with Crippen LogP contribution in [-0.2, 0) is 5.41 Å². The van der Waals surface area contributed by atoms with Crippen molar-refractivity contribution in [2.75, 3.05) is 5.32 Å². The van der Waals surface area contributed by atoms with Gasteiger partial charge in [0.2, 0.25) is 0 Å². The van der Waals surface area contributed by atoms with Gasteiger partial charge in [-0.1, -0.05) is 45.0 Å². The van der Waals surface area contributed by atoms with Crippen LogP contribution in [0.4, 0.5) is 11.5 Å². The summed E-state index contributed by atoms with van der Waals surface area (Å²) in [5.41, 5.74) is 3.47. The molecule has 0 radical (unpaired) electrons. The minimum atomic E-state index is 0.167. The second-order valence-corrected chi connectivity index (χ2v) is 6.19. The molecular weight excluding hydrogens is 258 g/mol. The fraction of sp³-hybridized carbons (Fsp3) is 0.222. The average molecular weight is 277 g/mol. The molecule has 0 bridgehead atoms. The number of fused-ring (bicyclic) bond motifs is 1. The summed E-state index contributed by atoms with van der Waals surface area (Å²) in [6.45, 7) is 6.65. The van der Waals surface area contributed by atoms with Gasteiger partial charge in [-0.25, -0.2) is 9.97 Å². The van der Waals surface area contributed by atoms with Crippen molar-refractivity contribution < 1.29 is 0 Å². The molecule has 0 fully saturated rings. The first-order valence-corrected chi connectivity index (χ1v) is 7.11. The predicted molar refractivity (Wildman–Crippen MR) is 88.0 cm³/mol. The summed E-state index contributed by atoms with van der Waals surface area (Å²) in [5.74, 6) is 0.837. The highest BCUT2D eigenvalue weighted by molar-refractivity contribution is 5.90. The number of hydrogen-bond donors (Lipinski definition) is 1. The fourth-order valence-electron chi connectivity index (χ4n) is 2.29. The highest BCUT2D eigenvalue weighted by Crippen LogP contribution is 2.26. The Balaban J connectivity index is 1.92. The van der Waals surface area contributed by atoms with Gasteiger partial charge in [-0.15, -0.1) is 0 Å². The van der Waals surface area contributed by atoms with Gasteiger partial charge in [-0.2, -0.15) is 0 Å². The molecule has 0 unspecified atom stereocenters.